The molecule has 78 valence electrons. The molecular formula is C11H14N3P. The number of allylic oxidation sites excluding steroid dienone is 1. The molecule has 3 nitrogen and oxygen atoms in total. The van der Waals surface area contributed by atoms with Gasteiger partial charge >= 0.3 is 0 Å². The molecule has 2 unspecified atom stereocenters. The minimum atomic E-state index is -0.240. The van der Waals surface area contributed by atoms with Gasteiger partial charge in [0.1, 0.15) is 0 Å². The first-order valence-corrected chi connectivity index (χ1v) is 5.59. The van der Waals surface area contributed by atoms with Gasteiger partial charge in [0, 0.05) is 5.22 Å². The Morgan fingerprint density at radius 3 is 3.00 bits per heavy atom. The Morgan fingerprint density at radius 2 is 2.27 bits per heavy atom. The minimum absolute atomic E-state index is 0.240. The van der Waals surface area contributed by atoms with Crippen molar-refractivity contribution in [1.82, 2.24) is 10.2 Å². The van der Waals surface area contributed by atoms with Gasteiger partial charge in [-0.15, -0.1) is 9.24 Å². The summed E-state index contributed by atoms with van der Waals surface area (Å²) in [5.41, 5.74) is 1.00. The second-order valence-electron chi connectivity index (χ2n) is 3.81. The van der Waals surface area contributed by atoms with E-state index in [0.29, 0.717) is 0 Å². The van der Waals surface area contributed by atoms with Gasteiger partial charge in [-0.1, -0.05) is 25.2 Å². The van der Waals surface area contributed by atoms with Crippen LogP contribution in [0.25, 0.3) is 6.08 Å². The van der Waals surface area contributed by atoms with E-state index in [9.17, 15) is 0 Å². The van der Waals surface area contributed by atoms with Crippen LogP contribution in [0.5, 0.6) is 0 Å². The number of aryl methyl sites for hydroxylation is 1. The molecule has 2 rings (SSSR count). The zero-order valence-corrected chi connectivity index (χ0v) is 10.1. The zero-order chi connectivity index (χ0) is 10.9. The van der Waals surface area contributed by atoms with Gasteiger partial charge in [0.2, 0.25) is 0 Å². The number of aromatic nitrogens is 2. The highest BCUT2D eigenvalue weighted by Crippen LogP contribution is 2.20. The van der Waals surface area contributed by atoms with Gasteiger partial charge in [0.05, 0.1) is 22.5 Å². The summed E-state index contributed by atoms with van der Waals surface area (Å²) < 4.78 is 0. The van der Waals surface area contributed by atoms with Crippen LogP contribution in [-0.4, -0.2) is 15.5 Å². The van der Waals surface area contributed by atoms with Crippen molar-refractivity contribution in [3.05, 3.63) is 34.6 Å². The first-order valence-electron chi connectivity index (χ1n) is 5.01. The third-order valence-corrected chi connectivity index (χ3v) is 2.66. The maximum absolute atomic E-state index is 4.62. The predicted octanol–water partition coefficient (Wildman–Crippen LogP) is 0.600. The molecule has 1 aliphatic heterocycles. The smallest absolute Gasteiger partial charge is 0.0902 e. The Balaban J connectivity index is 2.78. The van der Waals surface area contributed by atoms with Gasteiger partial charge in [0.15, 0.2) is 0 Å². The van der Waals surface area contributed by atoms with Crippen LogP contribution in [-0.2, 0) is 6.42 Å². The molecule has 0 spiro atoms. The summed E-state index contributed by atoms with van der Waals surface area (Å²) in [6.07, 6.45) is 8.74. The average Bonchev–Trinajstić information content (AvgIpc) is 2.33. The van der Waals surface area contributed by atoms with E-state index in [1.54, 1.807) is 6.20 Å². The molecule has 0 saturated heterocycles. The first-order chi connectivity index (χ1) is 7.12. The lowest BCUT2D eigenvalue weighted by atomic mass is 10.2. The van der Waals surface area contributed by atoms with Gasteiger partial charge < -0.3 is 0 Å². The van der Waals surface area contributed by atoms with Crippen molar-refractivity contribution in [2.75, 3.05) is 0 Å². The molecule has 2 heterocycles. The number of nitrogens with zero attached hydrogens (tertiary/aromatic N) is 3. The van der Waals surface area contributed by atoms with Crippen LogP contribution in [0, 0.1) is 0 Å². The molecule has 1 aromatic heterocycles. The van der Waals surface area contributed by atoms with E-state index in [4.69, 9.17) is 0 Å². The predicted molar refractivity (Wildman–Crippen MR) is 63.9 cm³/mol. The lowest BCUT2D eigenvalue weighted by Crippen LogP contribution is -2.32. The van der Waals surface area contributed by atoms with Crippen LogP contribution in [0.2, 0.25) is 0 Å². The molecule has 0 saturated carbocycles. The standard InChI is InChI=1S/C11H14N3P/c1-3-9-8-5-4-6-11(2,15)13-10(8)7-12-14-9/h4-7H,3,15H2,1-2H3. The number of rotatable bonds is 1. The summed E-state index contributed by atoms with van der Waals surface area (Å²) in [4.78, 5) is 4.62. The van der Waals surface area contributed by atoms with E-state index in [-0.39, 0.29) is 5.28 Å². The zero-order valence-electron chi connectivity index (χ0n) is 8.94. The molecule has 0 amide bonds. The fourth-order valence-corrected chi connectivity index (χ4v) is 1.84. The van der Waals surface area contributed by atoms with Crippen molar-refractivity contribution in [2.45, 2.75) is 25.5 Å². The molecule has 15 heavy (non-hydrogen) atoms. The van der Waals surface area contributed by atoms with Crippen LogP contribution in [0.4, 0.5) is 0 Å². The Labute approximate surface area is 91.2 Å². The van der Waals surface area contributed by atoms with Gasteiger partial charge in [-0.25, -0.2) is 0 Å². The fraction of sp³-hybridized carbons (Fsp3) is 0.364. The lowest BCUT2D eigenvalue weighted by Gasteiger charge is -2.12. The fourth-order valence-electron chi connectivity index (χ4n) is 1.59. The summed E-state index contributed by atoms with van der Waals surface area (Å²) >= 11 is 0. The molecular weight excluding hydrogens is 205 g/mol. The summed E-state index contributed by atoms with van der Waals surface area (Å²) in [5, 5.41) is 9.87. The highest BCUT2D eigenvalue weighted by Gasteiger charge is 2.12. The Kier molecular flexibility index (Phi) is 2.66. The van der Waals surface area contributed by atoms with Crippen molar-refractivity contribution in [2.24, 2.45) is 4.99 Å². The van der Waals surface area contributed by atoms with Crippen LogP contribution in [0.3, 0.4) is 0 Å². The third kappa shape index (κ3) is 2.13. The average molecular weight is 219 g/mol. The van der Waals surface area contributed by atoms with Gasteiger partial charge in [-0.2, -0.15) is 10.2 Å². The highest BCUT2D eigenvalue weighted by atomic mass is 31.0. The SMILES string of the molecule is CCc1nncc2c1=CC=CC(C)(P)N=2. The van der Waals surface area contributed by atoms with E-state index < -0.39 is 0 Å². The summed E-state index contributed by atoms with van der Waals surface area (Å²) in [6.45, 7) is 4.12. The molecule has 0 aliphatic carbocycles. The van der Waals surface area contributed by atoms with Crippen molar-refractivity contribution in [3.63, 3.8) is 0 Å². The molecule has 1 aromatic rings. The van der Waals surface area contributed by atoms with Crippen molar-refractivity contribution in [1.29, 1.82) is 0 Å². The van der Waals surface area contributed by atoms with Crippen LogP contribution in [0.15, 0.2) is 23.3 Å². The molecule has 0 fully saturated rings. The van der Waals surface area contributed by atoms with Gasteiger partial charge in [0.25, 0.3) is 0 Å². The lowest BCUT2D eigenvalue weighted by molar-refractivity contribution is 0.798. The van der Waals surface area contributed by atoms with E-state index in [2.05, 4.69) is 43.5 Å². The van der Waals surface area contributed by atoms with Crippen LogP contribution in [0.1, 0.15) is 19.5 Å². The van der Waals surface area contributed by atoms with Crippen molar-refractivity contribution in [3.8, 4) is 0 Å². The summed E-state index contributed by atoms with van der Waals surface area (Å²) in [7, 11) is 2.73. The Hall–Kier alpha value is -1.08. The second-order valence-corrected chi connectivity index (χ2v) is 4.98. The molecule has 0 N–H and O–H groups in total. The minimum Gasteiger partial charge on any atom is -0.268 e. The largest absolute Gasteiger partial charge is 0.268 e. The topological polar surface area (TPSA) is 38.1 Å². The van der Waals surface area contributed by atoms with Crippen molar-refractivity contribution >= 4 is 15.3 Å². The Morgan fingerprint density at radius 1 is 1.47 bits per heavy atom. The monoisotopic (exact) mass is 219 g/mol. The summed E-state index contributed by atoms with van der Waals surface area (Å²) in [6, 6.07) is 0. The molecule has 4 heteroatoms. The molecule has 0 aromatic carbocycles. The maximum atomic E-state index is 4.62. The van der Waals surface area contributed by atoms with Gasteiger partial charge in [-0.05, 0) is 13.3 Å². The second kappa shape index (κ2) is 3.82. The van der Waals surface area contributed by atoms with Gasteiger partial charge in [-0.3, -0.25) is 4.99 Å². The first kappa shape index (κ1) is 10.4. The van der Waals surface area contributed by atoms with E-state index >= 15 is 0 Å². The van der Waals surface area contributed by atoms with Crippen LogP contribution < -0.4 is 10.6 Å². The van der Waals surface area contributed by atoms with E-state index in [1.165, 1.54) is 0 Å². The highest BCUT2D eigenvalue weighted by molar-refractivity contribution is 7.19. The number of hydrogen-bond donors (Lipinski definition) is 0. The van der Waals surface area contributed by atoms with E-state index in [0.717, 1.165) is 22.7 Å². The normalized spacial score (nSPS) is 23.7. The maximum Gasteiger partial charge on any atom is 0.0902 e. The molecule has 1 aliphatic rings. The summed E-state index contributed by atoms with van der Waals surface area (Å²) in [5.74, 6) is 0. The van der Waals surface area contributed by atoms with Crippen LogP contribution >= 0.6 is 9.24 Å². The molecule has 2 atom stereocenters. The van der Waals surface area contributed by atoms with Crippen molar-refractivity contribution < 1.29 is 0 Å². The Bertz CT molecular complexity index is 517. The molecule has 0 radical (unpaired) electrons. The third-order valence-electron chi connectivity index (χ3n) is 2.34. The number of hydrogen-bond acceptors (Lipinski definition) is 3. The quantitative estimate of drug-likeness (QED) is 0.649. The molecule has 0 bridgehead atoms. The number of fused-ring (bicyclic) bond motifs is 1. The van der Waals surface area contributed by atoms with E-state index in [1.807, 2.05) is 13.0 Å².